The standard InChI is InChI=1S/C13H22O2/c1-9(2)12-6-4-10(3)8-11(12)5-7-13(14)15/h5,7,9-12H,4,6,8H2,1-3H3,(H,14,15). The number of carboxylic acid groups (broad SMARTS) is 1. The van der Waals surface area contributed by atoms with Crippen LogP contribution >= 0.6 is 0 Å². The Morgan fingerprint density at radius 2 is 2.07 bits per heavy atom. The van der Waals surface area contributed by atoms with Crippen molar-refractivity contribution < 1.29 is 9.90 Å². The second-order valence-electron chi connectivity index (χ2n) is 5.19. The van der Waals surface area contributed by atoms with Gasteiger partial charge in [0.1, 0.15) is 0 Å². The van der Waals surface area contributed by atoms with Gasteiger partial charge in [0, 0.05) is 6.08 Å². The molecular formula is C13H22O2. The highest BCUT2D eigenvalue weighted by Crippen LogP contribution is 2.38. The van der Waals surface area contributed by atoms with Gasteiger partial charge in [-0.2, -0.15) is 0 Å². The number of carboxylic acids is 1. The van der Waals surface area contributed by atoms with Crippen LogP contribution in [0.15, 0.2) is 12.2 Å². The summed E-state index contributed by atoms with van der Waals surface area (Å²) >= 11 is 0. The molecule has 1 aliphatic rings. The Morgan fingerprint density at radius 3 is 2.60 bits per heavy atom. The van der Waals surface area contributed by atoms with Crippen molar-refractivity contribution in [1.82, 2.24) is 0 Å². The Hall–Kier alpha value is -0.790. The third-order valence-corrected chi connectivity index (χ3v) is 3.56. The summed E-state index contributed by atoms with van der Waals surface area (Å²) in [6, 6.07) is 0. The van der Waals surface area contributed by atoms with E-state index in [2.05, 4.69) is 20.8 Å². The zero-order valence-corrected chi connectivity index (χ0v) is 9.94. The molecule has 0 aromatic carbocycles. The van der Waals surface area contributed by atoms with Crippen molar-refractivity contribution >= 4 is 5.97 Å². The molecule has 15 heavy (non-hydrogen) atoms. The SMILES string of the molecule is CC1CCC(C(C)C)C(C=CC(=O)O)C1. The molecule has 0 aromatic rings. The summed E-state index contributed by atoms with van der Waals surface area (Å²) in [6.45, 7) is 6.74. The number of allylic oxidation sites excluding steroid dienone is 1. The van der Waals surface area contributed by atoms with Crippen molar-refractivity contribution in [3.8, 4) is 0 Å². The van der Waals surface area contributed by atoms with Gasteiger partial charge in [0.25, 0.3) is 0 Å². The highest BCUT2D eigenvalue weighted by molar-refractivity contribution is 5.79. The molecule has 1 N–H and O–H groups in total. The van der Waals surface area contributed by atoms with E-state index in [0.717, 1.165) is 12.3 Å². The van der Waals surface area contributed by atoms with Gasteiger partial charge in [0.15, 0.2) is 0 Å². The van der Waals surface area contributed by atoms with Gasteiger partial charge in [-0.3, -0.25) is 0 Å². The third-order valence-electron chi connectivity index (χ3n) is 3.56. The van der Waals surface area contributed by atoms with Crippen LogP contribution in [0.1, 0.15) is 40.0 Å². The van der Waals surface area contributed by atoms with Gasteiger partial charge in [-0.1, -0.05) is 33.3 Å². The van der Waals surface area contributed by atoms with Gasteiger partial charge in [-0.25, -0.2) is 4.79 Å². The van der Waals surface area contributed by atoms with E-state index in [4.69, 9.17) is 5.11 Å². The zero-order valence-electron chi connectivity index (χ0n) is 9.94. The molecule has 2 heteroatoms. The van der Waals surface area contributed by atoms with Gasteiger partial charge in [-0.05, 0) is 36.5 Å². The average molecular weight is 210 g/mol. The van der Waals surface area contributed by atoms with Crippen LogP contribution in [0.3, 0.4) is 0 Å². The molecule has 0 aromatic heterocycles. The van der Waals surface area contributed by atoms with Crippen LogP contribution in [-0.2, 0) is 4.79 Å². The summed E-state index contributed by atoms with van der Waals surface area (Å²) in [5.74, 6) is 1.70. The summed E-state index contributed by atoms with van der Waals surface area (Å²) in [5, 5.41) is 8.65. The smallest absolute Gasteiger partial charge is 0.327 e. The molecule has 0 spiro atoms. The molecule has 0 saturated heterocycles. The fourth-order valence-corrected chi connectivity index (χ4v) is 2.70. The van der Waals surface area contributed by atoms with Gasteiger partial charge in [-0.15, -0.1) is 0 Å². The molecule has 1 fully saturated rings. The maximum Gasteiger partial charge on any atom is 0.327 e. The van der Waals surface area contributed by atoms with Gasteiger partial charge >= 0.3 is 5.97 Å². The summed E-state index contributed by atoms with van der Waals surface area (Å²) in [4.78, 5) is 10.5. The van der Waals surface area contributed by atoms with Crippen LogP contribution in [-0.4, -0.2) is 11.1 Å². The predicted molar refractivity (Wildman–Crippen MR) is 61.6 cm³/mol. The summed E-state index contributed by atoms with van der Waals surface area (Å²) in [7, 11) is 0. The first kappa shape index (κ1) is 12.3. The molecule has 86 valence electrons. The molecule has 1 rings (SSSR count). The first-order valence-corrected chi connectivity index (χ1v) is 5.91. The van der Waals surface area contributed by atoms with Crippen molar-refractivity contribution in [2.24, 2.45) is 23.7 Å². The van der Waals surface area contributed by atoms with E-state index in [-0.39, 0.29) is 0 Å². The van der Waals surface area contributed by atoms with Crippen LogP contribution in [0.2, 0.25) is 0 Å². The Morgan fingerprint density at radius 1 is 1.40 bits per heavy atom. The third kappa shape index (κ3) is 3.69. The van der Waals surface area contributed by atoms with E-state index in [9.17, 15) is 4.79 Å². The minimum atomic E-state index is -0.823. The molecule has 0 amide bonds. The lowest BCUT2D eigenvalue weighted by Crippen LogP contribution is -2.26. The van der Waals surface area contributed by atoms with Gasteiger partial charge in [0.05, 0.1) is 0 Å². The quantitative estimate of drug-likeness (QED) is 0.725. The Balaban J connectivity index is 2.66. The van der Waals surface area contributed by atoms with Crippen molar-refractivity contribution in [3.05, 3.63) is 12.2 Å². The highest BCUT2D eigenvalue weighted by atomic mass is 16.4. The lowest BCUT2D eigenvalue weighted by atomic mass is 9.70. The van der Waals surface area contributed by atoms with Gasteiger partial charge in [0.2, 0.25) is 0 Å². The number of hydrogen-bond acceptors (Lipinski definition) is 1. The van der Waals surface area contributed by atoms with Crippen LogP contribution in [0.25, 0.3) is 0 Å². The van der Waals surface area contributed by atoms with Crippen LogP contribution in [0.5, 0.6) is 0 Å². The molecule has 0 aliphatic heterocycles. The molecule has 3 atom stereocenters. The summed E-state index contributed by atoms with van der Waals surface area (Å²) in [5.41, 5.74) is 0. The molecule has 0 heterocycles. The van der Waals surface area contributed by atoms with Crippen LogP contribution in [0, 0.1) is 23.7 Å². The van der Waals surface area contributed by atoms with E-state index in [1.165, 1.54) is 18.9 Å². The fraction of sp³-hybridized carbons (Fsp3) is 0.769. The summed E-state index contributed by atoms with van der Waals surface area (Å²) in [6.07, 6.45) is 6.90. The highest BCUT2D eigenvalue weighted by Gasteiger charge is 2.28. The number of hydrogen-bond donors (Lipinski definition) is 1. The molecular weight excluding hydrogens is 188 g/mol. The van der Waals surface area contributed by atoms with Crippen molar-refractivity contribution in [2.75, 3.05) is 0 Å². The molecule has 1 saturated carbocycles. The normalized spacial score (nSPS) is 32.4. The predicted octanol–water partition coefficient (Wildman–Crippen LogP) is 3.34. The lowest BCUT2D eigenvalue weighted by Gasteiger charge is -2.35. The largest absolute Gasteiger partial charge is 0.478 e. The molecule has 2 nitrogen and oxygen atoms in total. The second-order valence-corrected chi connectivity index (χ2v) is 5.19. The minimum Gasteiger partial charge on any atom is -0.478 e. The van der Waals surface area contributed by atoms with Crippen molar-refractivity contribution in [1.29, 1.82) is 0 Å². The van der Waals surface area contributed by atoms with E-state index in [0.29, 0.717) is 17.8 Å². The van der Waals surface area contributed by atoms with Crippen LogP contribution < -0.4 is 0 Å². The van der Waals surface area contributed by atoms with Gasteiger partial charge < -0.3 is 5.11 Å². The van der Waals surface area contributed by atoms with Crippen LogP contribution in [0.4, 0.5) is 0 Å². The molecule has 0 bridgehead atoms. The topological polar surface area (TPSA) is 37.3 Å². The molecule has 3 unspecified atom stereocenters. The van der Waals surface area contributed by atoms with E-state index >= 15 is 0 Å². The van der Waals surface area contributed by atoms with E-state index in [1.54, 1.807) is 0 Å². The first-order chi connectivity index (χ1) is 7.00. The maximum atomic E-state index is 10.5. The molecule has 0 radical (unpaired) electrons. The van der Waals surface area contributed by atoms with E-state index < -0.39 is 5.97 Å². The maximum absolute atomic E-state index is 10.5. The fourth-order valence-electron chi connectivity index (χ4n) is 2.70. The zero-order chi connectivity index (χ0) is 11.4. The number of carbonyl (C=O) groups is 1. The van der Waals surface area contributed by atoms with Crippen molar-refractivity contribution in [3.63, 3.8) is 0 Å². The number of aliphatic carboxylic acids is 1. The number of rotatable bonds is 3. The second kappa shape index (κ2) is 5.34. The Labute approximate surface area is 92.4 Å². The van der Waals surface area contributed by atoms with E-state index in [1.807, 2.05) is 6.08 Å². The average Bonchev–Trinajstić information content (AvgIpc) is 2.14. The lowest BCUT2D eigenvalue weighted by molar-refractivity contribution is -0.131. The van der Waals surface area contributed by atoms with Crippen molar-refractivity contribution in [2.45, 2.75) is 40.0 Å². The molecule has 1 aliphatic carbocycles. The monoisotopic (exact) mass is 210 g/mol. The Bertz CT molecular complexity index is 243. The summed E-state index contributed by atoms with van der Waals surface area (Å²) < 4.78 is 0. The first-order valence-electron chi connectivity index (χ1n) is 5.91. The Kier molecular flexibility index (Phi) is 4.37. The minimum absolute atomic E-state index is 0.463.